The van der Waals surface area contributed by atoms with Crippen molar-refractivity contribution in [1.82, 2.24) is 0 Å². The standard InChI is InChI=1S/C10H10F3N/c1-2-7-4-3-5-8(6-7)9(14)10(11,12)13/h2-6,9H,1,14H2/t9-/m1/s1. The molecule has 0 radical (unpaired) electrons. The zero-order valence-electron chi connectivity index (χ0n) is 7.38. The highest BCUT2D eigenvalue weighted by atomic mass is 19.4. The van der Waals surface area contributed by atoms with Crippen molar-refractivity contribution >= 4 is 6.08 Å². The van der Waals surface area contributed by atoms with E-state index < -0.39 is 12.2 Å². The third-order valence-electron chi connectivity index (χ3n) is 1.86. The highest BCUT2D eigenvalue weighted by molar-refractivity contribution is 5.48. The van der Waals surface area contributed by atoms with E-state index in [1.54, 1.807) is 6.07 Å². The van der Waals surface area contributed by atoms with E-state index in [-0.39, 0.29) is 5.56 Å². The summed E-state index contributed by atoms with van der Waals surface area (Å²) >= 11 is 0. The first-order chi connectivity index (χ1) is 6.45. The van der Waals surface area contributed by atoms with Crippen LogP contribution in [0, 0.1) is 0 Å². The maximum atomic E-state index is 12.2. The Balaban J connectivity index is 3.01. The highest BCUT2D eigenvalue weighted by Crippen LogP contribution is 2.30. The van der Waals surface area contributed by atoms with E-state index in [1.165, 1.54) is 24.3 Å². The van der Waals surface area contributed by atoms with Gasteiger partial charge >= 0.3 is 6.18 Å². The van der Waals surface area contributed by atoms with Gasteiger partial charge in [-0.3, -0.25) is 0 Å². The monoisotopic (exact) mass is 201 g/mol. The molecule has 0 aliphatic rings. The molecule has 4 heteroatoms. The van der Waals surface area contributed by atoms with E-state index in [4.69, 9.17) is 5.73 Å². The molecule has 0 aliphatic carbocycles. The van der Waals surface area contributed by atoms with Crippen molar-refractivity contribution < 1.29 is 13.2 Å². The lowest BCUT2D eigenvalue weighted by Crippen LogP contribution is -2.28. The number of hydrogen-bond donors (Lipinski definition) is 1. The molecule has 1 atom stereocenters. The Hall–Kier alpha value is -1.29. The van der Waals surface area contributed by atoms with Crippen LogP contribution in [0.1, 0.15) is 17.2 Å². The summed E-state index contributed by atoms with van der Waals surface area (Å²) in [6.07, 6.45) is -2.92. The van der Waals surface area contributed by atoms with Crippen LogP contribution in [0.4, 0.5) is 13.2 Å². The number of nitrogens with two attached hydrogens (primary N) is 1. The molecule has 0 bridgehead atoms. The quantitative estimate of drug-likeness (QED) is 0.782. The minimum Gasteiger partial charge on any atom is -0.316 e. The average molecular weight is 201 g/mol. The fourth-order valence-corrected chi connectivity index (χ4v) is 1.07. The van der Waals surface area contributed by atoms with Gasteiger partial charge in [-0.05, 0) is 17.2 Å². The molecule has 76 valence electrons. The molecule has 0 amide bonds. The Bertz CT molecular complexity index is 330. The Labute approximate surface area is 80.0 Å². The van der Waals surface area contributed by atoms with Crippen molar-refractivity contribution in [3.8, 4) is 0 Å². The van der Waals surface area contributed by atoms with E-state index in [1.807, 2.05) is 0 Å². The average Bonchev–Trinajstić information content (AvgIpc) is 2.15. The van der Waals surface area contributed by atoms with E-state index in [9.17, 15) is 13.2 Å². The smallest absolute Gasteiger partial charge is 0.316 e. The van der Waals surface area contributed by atoms with Crippen molar-refractivity contribution in [3.05, 3.63) is 42.0 Å². The molecule has 1 aromatic rings. The first-order valence-corrected chi connectivity index (χ1v) is 4.00. The molecule has 1 aromatic carbocycles. The first-order valence-electron chi connectivity index (χ1n) is 4.00. The lowest BCUT2D eigenvalue weighted by molar-refractivity contribution is -0.149. The van der Waals surface area contributed by atoms with Gasteiger partial charge in [-0.1, -0.05) is 30.9 Å². The van der Waals surface area contributed by atoms with E-state index in [0.29, 0.717) is 5.56 Å². The molecular weight excluding hydrogens is 191 g/mol. The summed E-state index contributed by atoms with van der Waals surface area (Å²) in [5.74, 6) is 0. The Morgan fingerprint density at radius 3 is 2.50 bits per heavy atom. The lowest BCUT2D eigenvalue weighted by atomic mass is 10.0. The van der Waals surface area contributed by atoms with Crippen LogP contribution in [0.3, 0.4) is 0 Å². The van der Waals surface area contributed by atoms with Crippen molar-refractivity contribution in [2.75, 3.05) is 0 Å². The Morgan fingerprint density at radius 2 is 2.00 bits per heavy atom. The molecular formula is C10H10F3N. The van der Waals surface area contributed by atoms with Crippen molar-refractivity contribution in [2.45, 2.75) is 12.2 Å². The molecule has 1 nitrogen and oxygen atoms in total. The van der Waals surface area contributed by atoms with Gasteiger partial charge in [0, 0.05) is 0 Å². The Morgan fingerprint density at radius 1 is 1.36 bits per heavy atom. The van der Waals surface area contributed by atoms with Gasteiger partial charge in [-0.25, -0.2) is 0 Å². The number of rotatable bonds is 2. The zero-order chi connectivity index (χ0) is 10.8. The SMILES string of the molecule is C=Cc1cccc([C@@H](N)C(F)(F)F)c1. The van der Waals surface area contributed by atoms with Gasteiger partial charge in [0.15, 0.2) is 0 Å². The van der Waals surface area contributed by atoms with Crippen LogP contribution < -0.4 is 5.73 Å². The van der Waals surface area contributed by atoms with Gasteiger partial charge in [-0.2, -0.15) is 13.2 Å². The van der Waals surface area contributed by atoms with Crippen LogP contribution in [0.25, 0.3) is 6.08 Å². The van der Waals surface area contributed by atoms with E-state index in [2.05, 4.69) is 6.58 Å². The first kappa shape index (κ1) is 10.8. The predicted octanol–water partition coefficient (Wildman–Crippen LogP) is 2.89. The molecule has 0 saturated carbocycles. The highest BCUT2D eigenvalue weighted by Gasteiger charge is 2.37. The zero-order valence-corrected chi connectivity index (χ0v) is 7.38. The van der Waals surface area contributed by atoms with Crippen LogP contribution in [0.15, 0.2) is 30.8 Å². The molecule has 1 rings (SSSR count). The largest absolute Gasteiger partial charge is 0.407 e. The summed E-state index contributed by atoms with van der Waals surface area (Å²) < 4.78 is 36.7. The van der Waals surface area contributed by atoms with Crippen LogP contribution in [-0.2, 0) is 0 Å². The normalized spacial score (nSPS) is 13.7. The minimum atomic E-state index is -4.40. The van der Waals surface area contributed by atoms with Gasteiger partial charge in [0.05, 0.1) is 0 Å². The molecule has 0 unspecified atom stereocenters. The van der Waals surface area contributed by atoms with Gasteiger partial charge < -0.3 is 5.73 Å². The number of hydrogen-bond acceptors (Lipinski definition) is 1. The summed E-state index contributed by atoms with van der Waals surface area (Å²) in [5.41, 5.74) is 5.71. The molecule has 2 N–H and O–H groups in total. The molecule has 14 heavy (non-hydrogen) atoms. The number of benzene rings is 1. The second-order valence-corrected chi connectivity index (χ2v) is 2.89. The lowest BCUT2D eigenvalue weighted by Gasteiger charge is -2.15. The summed E-state index contributed by atoms with van der Waals surface area (Å²) in [4.78, 5) is 0. The van der Waals surface area contributed by atoms with Gasteiger partial charge in [0.1, 0.15) is 6.04 Å². The van der Waals surface area contributed by atoms with Crippen LogP contribution in [0.5, 0.6) is 0 Å². The van der Waals surface area contributed by atoms with Crippen molar-refractivity contribution in [3.63, 3.8) is 0 Å². The van der Waals surface area contributed by atoms with Crippen LogP contribution >= 0.6 is 0 Å². The maximum absolute atomic E-state index is 12.2. The third kappa shape index (κ3) is 2.35. The van der Waals surface area contributed by atoms with Gasteiger partial charge in [-0.15, -0.1) is 0 Å². The summed E-state index contributed by atoms with van der Waals surface area (Å²) in [6.45, 7) is 3.47. The summed E-state index contributed by atoms with van der Waals surface area (Å²) in [6, 6.07) is 4.00. The molecule has 0 fully saturated rings. The third-order valence-corrected chi connectivity index (χ3v) is 1.86. The number of halogens is 3. The van der Waals surface area contributed by atoms with Gasteiger partial charge in [0.2, 0.25) is 0 Å². The van der Waals surface area contributed by atoms with E-state index >= 15 is 0 Å². The number of alkyl halides is 3. The molecule has 0 spiro atoms. The predicted molar refractivity (Wildman–Crippen MR) is 49.5 cm³/mol. The summed E-state index contributed by atoms with van der Waals surface area (Å²) in [7, 11) is 0. The van der Waals surface area contributed by atoms with E-state index in [0.717, 1.165) is 0 Å². The Kier molecular flexibility index (Phi) is 2.96. The fourth-order valence-electron chi connectivity index (χ4n) is 1.07. The molecule has 0 aromatic heterocycles. The van der Waals surface area contributed by atoms with Crippen molar-refractivity contribution in [2.24, 2.45) is 5.73 Å². The molecule has 0 heterocycles. The van der Waals surface area contributed by atoms with Crippen molar-refractivity contribution in [1.29, 1.82) is 0 Å². The minimum absolute atomic E-state index is 0.0508. The fraction of sp³-hybridized carbons (Fsp3) is 0.200. The second kappa shape index (κ2) is 3.84. The van der Waals surface area contributed by atoms with Crippen LogP contribution in [-0.4, -0.2) is 6.18 Å². The second-order valence-electron chi connectivity index (χ2n) is 2.89. The molecule has 0 saturated heterocycles. The van der Waals surface area contributed by atoms with Gasteiger partial charge in [0.25, 0.3) is 0 Å². The van der Waals surface area contributed by atoms with Crippen LogP contribution in [0.2, 0.25) is 0 Å². The summed E-state index contributed by atoms with van der Waals surface area (Å²) in [5, 5.41) is 0. The topological polar surface area (TPSA) is 26.0 Å². The maximum Gasteiger partial charge on any atom is 0.407 e. The molecule has 0 aliphatic heterocycles.